The Balaban J connectivity index is 3.04. The molecule has 0 N–H and O–H groups in total. The van der Waals surface area contributed by atoms with Gasteiger partial charge in [0.25, 0.3) is 0 Å². The first-order valence-electron chi connectivity index (χ1n) is 2.77. The second kappa shape index (κ2) is 3.34. The highest BCUT2D eigenvalue weighted by atomic mass is 79.9. The molecule has 0 aliphatic carbocycles. The second-order valence-electron chi connectivity index (χ2n) is 1.83. The van der Waals surface area contributed by atoms with E-state index >= 15 is 0 Å². The van der Waals surface area contributed by atoms with Crippen LogP contribution >= 0.6 is 27.7 Å². The fourth-order valence-electron chi connectivity index (χ4n) is 0.505. The molecule has 1 aromatic heterocycles. The Bertz CT molecular complexity index is 239. The van der Waals surface area contributed by atoms with Gasteiger partial charge >= 0.3 is 0 Å². The lowest BCUT2D eigenvalue weighted by Crippen LogP contribution is -1.88. The third kappa shape index (κ3) is 1.70. The number of hydrogen-bond acceptors (Lipinski definition) is 3. The molecule has 0 amide bonds. The van der Waals surface area contributed by atoms with Crippen molar-refractivity contribution in [1.82, 2.24) is 9.97 Å². The first kappa shape index (κ1) is 8.01. The van der Waals surface area contributed by atoms with Gasteiger partial charge in [-0.2, -0.15) is 0 Å². The van der Waals surface area contributed by atoms with Crippen LogP contribution in [-0.2, 0) is 0 Å². The maximum Gasteiger partial charge on any atom is 0.188 e. The highest BCUT2D eigenvalue weighted by Crippen LogP contribution is 2.15. The van der Waals surface area contributed by atoms with Crippen LogP contribution in [0, 0.1) is 6.92 Å². The zero-order chi connectivity index (χ0) is 7.56. The van der Waals surface area contributed by atoms with Crippen LogP contribution in [0.25, 0.3) is 0 Å². The van der Waals surface area contributed by atoms with Crippen LogP contribution in [0.4, 0.5) is 0 Å². The van der Waals surface area contributed by atoms with Gasteiger partial charge in [0.2, 0.25) is 0 Å². The van der Waals surface area contributed by atoms with Crippen molar-refractivity contribution in [1.29, 1.82) is 0 Å². The monoisotopic (exact) mass is 218 g/mol. The van der Waals surface area contributed by atoms with E-state index < -0.39 is 0 Å². The molecule has 2 nitrogen and oxygen atoms in total. The van der Waals surface area contributed by atoms with Gasteiger partial charge in [0.1, 0.15) is 4.60 Å². The lowest BCUT2D eigenvalue weighted by Gasteiger charge is -1.96. The van der Waals surface area contributed by atoms with Crippen molar-refractivity contribution in [2.75, 3.05) is 6.26 Å². The molecule has 1 aromatic rings. The molecule has 0 aromatic carbocycles. The smallest absolute Gasteiger partial charge is 0.188 e. The molecule has 0 unspecified atom stereocenters. The van der Waals surface area contributed by atoms with E-state index in [2.05, 4.69) is 25.9 Å². The highest BCUT2D eigenvalue weighted by molar-refractivity contribution is 9.10. The van der Waals surface area contributed by atoms with E-state index in [1.165, 1.54) is 11.8 Å². The van der Waals surface area contributed by atoms with Gasteiger partial charge < -0.3 is 0 Å². The molecule has 54 valence electrons. The predicted molar refractivity (Wildman–Crippen MR) is 46.3 cm³/mol. The molecule has 0 spiro atoms. The highest BCUT2D eigenvalue weighted by Gasteiger charge is 1.97. The minimum absolute atomic E-state index is 0.803. The molecule has 0 fully saturated rings. The molecule has 0 bridgehead atoms. The van der Waals surface area contributed by atoms with Crippen molar-refractivity contribution < 1.29 is 0 Å². The van der Waals surface area contributed by atoms with Gasteiger partial charge in [-0.25, -0.2) is 9.97 Å². The first-order valence-corrected chi connectivity index (χ1v) is 4.79. The van der Waals surface area contributed by atoms with Gasteiger partial charge in [-0.05, 0) is 29.1 Å². The number of halogens is 1. The van der Waals surface area contributed by atoms with Crippen LogP contribution in [0.3, 0.4) is 0 Å². The van der Waals surface area contributed by atoms with Crippen LogP contribution in [0.5, 0.6) is 0 Å². The van der Waals surface area contributed by atoms with Crippen molar-refractivity contribution in [3.63, 3.8) is 0 Å². The van der Waals surface area contributed by atoms with Gasteiger partial charge in [-0.3, -0.25) is 0 Å². The average molecular weight is 219 g/mol. The van der Waals surface area contributed by atoms with Gasteiger partial charge in [-0.1, -0.05) is 11.8 Å². The SMILES string of the molecule is CSc1ncc(C)c(Br)n1. The Labute approximate surface area is 72.6 Å². The first-order chi connectivity index (χ1) is 4.74. The Hall–Kier alpha value is -0.0900. The summed E-state index contributed by atoms with van der Waals surface area (Å²) in [7, 11) is 0. The summed E-state index contributed by atoms with van der Waals surface area (Å²) in [5.74, 6) is 0. The topological polar surface area (TPSA) is 25.8 Å². The van der Waals surface area contributed by atoms with Crippen LogP contribution in [0.15, 0.2) is 16.0 Å². The summed E-state index contributed by atoms with van der Waals surface area (Å²) < 4.78 is 0.881. The maximum absolute atomic E-state index is 4.16. The summed E-state index contributed by atoms with van der Waals surface area (Å²) >= 11 is 4.86. The lowest BCUT2D eigenvalue weighted by atomic mass is 10.4. The number of hydrogen-bond donors (Lipinski definition) is 0. The summed E-state index contributed by atoms with van der Waals surface area (Å²) in [6.45, 7) is 1.97. The molecular weight excluding hydrogens is 212 g/mol. The van der Waals surface area contributed by atoms with Crippen molar-refractivity contribution >= 4 is 27.7 Å². The van der Waals surface area contributed by atoms with E-state index in [9.17, 15) is 0 Å². The maximum atomic E-state index is 4.16. The van der Waals surface area contributed by atoms with Gasteiger partial charge in [0.15, 0.2) is 5.16 Å². The van der Waals surface area contributed by atoms with E-state index in [-0.39, 0.29) is 0 Å². The number of thioether (sulfide) groups is 1. The lowest BCUT2D eigenvalue weighted by molar-refractivity contribution is 0.932. The van der Waals surface area contributed by atoms with Gasteiger partial charge in [0.05, 0.1) is 0 Å². The molecule has 1 heterocycles. The van der Waals surface area contributed by atoms with Gasteiger partial charge in [-0.15, -0.1) is 0 Å². The minimum Gasteiger partial charge on any atom is -0.231 e. The molecule has 0 saturated heterocycles. The van der Waals surface area contributed by atoms with Crippen LogP contribution in [0.1, 0.15) is 5.56 Å². The number of rotatable bonds is 1. The quantitative estimate of drug-likeness (QED) is 0.411. The standard InChI is InChI=1S/C6H7BrN2S/c1-4-3-8-6(10-2)9-5(4)7/h3H,1-2H3. The van der Waals surface area contributed by atoms with Crippen molar-refractivity contribution in [2.45, 2.75) is 12.1 Å². The zero-order valence-corrected chi connectivity index (χ0v) is 8.16. The van der Waals surface area contributed by atoms with Crippen molar-refractivity contribution in [3.05, 3.63) is 16.4 Å². The van der Waals surface area contributed by atoms with Crippen molar-refractivity contribution in [3.8, 4) is 0 Å². The molecule has 4 heteroatoms. The Morgan fingerprint density at radius 1 is 1.60 bits per heavy atom. The summed E-state index contributed by atoms with van der Waals surface area (Å²) in [5.41, 5.74) is 1.07. The van der Waals surface area contributed by atoms with E-state index in [0.29, 0.717) is 0 Å². The van der Waals surface area contributed by atoms with Crippen LogP contribution < -0.4 is 0 Å². The molecule has 0 saturated carbocycles. The molecule has 1 rings (SSSR count). The van der Waals surface area contributed by atoms with Crippen molar-refractivity contribution in [2.24, 2.45) is 0 Å². The largest absolute Gasteiger partial charge is 0.231 e. The molecule has 0 radical (unpaired) electrons. The van der Waals surface area contributed by atoms with E-state index in [1.807, 2.05) is 19.4 Å². The van der Waals surface area contributed by atoms with E-state index in [1.54, 1.807) is 0 Å². The summed E-state index contributed by atoms with van der Waals surface area (Å²) in [6.07, 6.45) is 3.76. The Morgan fingerprint density at radius 3 is 2.80 bits per heavy atom. The molecule has 0 aliphatic heterocycles. The normalized spacial score (nSPS) is 9.90. The van der Waals surface area contributed by atoms with E-state index in [0.717, 1.165) is 15.3 Å². The molecular formula is C6H7BrN2S. The minimum atomic E-state index is 0.803. The summed E-state index contributed by atoms with van der Waals surface area (Å²) in [5, 5.41) is 0.803. The Morgan fingerprint density at radius 2 is 2.30 bits per heavy atom. The molecule has 0 aliphatic rings. The van der Waals surface area contributed by atoms with Gasteiger partial charge in [0, 0.05) is 11.8 Å². The number of aromatic nitrogens is 2. The zero-order valence-electron chi connectivity index (χ0n) is 5.76. The molecule has 10 heavy (non-hydrogen) atoms. The third-order valence-electron chi connectivity index (χ3n) is 1.07. The fraction of sp³-hybridized carbons (Fsp3) is 0.333. The fourth-order valence-corrected chi connectivity index (χ4v) is 1.23. The number of nitrogens with zero attached hydrogens (tertiary/aromatic N) is 2. The third-order valence-corrected chi connectivity index (χ3v) is 2.43. The second-order valence-corrected chi connectivity index (χ2v) is 3.36. The summed E-state index contributed by atoms with van der Waals surface area (Å²) in [6, 6.07) is 0. The Kier molecular flexibility index (Phi) is 2.68. The van der Waals surface area contributed by atoms with Crippen LogP contribution in [-0.4, -0.2) is 16.2 Å². The molecule has 0 atom stereocenters. The predicted octanol–water partition coefficient (Wildman–Crippen LogP) is 2.27. The van der Waals surface area contributed by atoms with E-state index in [4.69, 9.17) is 0 Å². The summed E-state index contributed by atoms with van der Waals surface area (Å²) in [4.78, 5) is 8.24. The number of aryl methyl sites for hydroxylation is 1. The average Bonchev–Trinajstić information content (AvgIpc) is 1.95. The van der Waals surface area contributed by atoms with Crippen LogP contribution in [0.2, 0.25) is 0 Å².